The third-order valence-corrected chi connectivity index (χ3v) is 4.67. The Kier molecular flexibility index (Phi) is 4.64. The lowest BCUT2D eigenvalue weighted by Gasteiger charge is -2.30. The van der Waals surface area contributed by atoms with Crippen molar-refractivity contribution in [3.8, 4) is 0 Å². The summed E-state index contributed by atoms with van der Waals surface area (Å²) in [5, 5.41) is 0.0374. The number of amides is 1. The third-order valence-electron chi connectivity index (χ3n) is 3.73. The van der Waals surface area contributed by atoms with E-state index in [-0.39, 0.29) is 22.9 Å². The Bertz CT molecular complexity index is 487. The van der Waals surface area contributed by atoms with Crippen LogP contribution in [0.25, 0.3) is 0 Å². The summed E-state index contributed by atoms with van der Waals surface area (Å²) >= 11 is 1.20. The van der Waals surface area contributed by atoms with Gasteiger partial charge in [0.2, 0.25) is 5.91 Å². The van der Waals surface area contributed by atoms with Crippen molar-refractivity contribution in [2.75, 3.05) is 5.75 Å². The van der Waals surface area contributed by atoms with Crippen LogP contribution in [0.4, 0.5) is 0 Å². The highest BCUT2D eigenvalue weighted by Gasteiger charge is 2.31. The molecule has 0 saturated heterocycles. The quantitative estimate of drug-likeness (QED) is 0.919. The lowest BCUT2D eigenvalue weighted by molar-refractivity contribution is -0.121. The van der Waals surface area contributed by atoms with Crippen LogP contribution in [0.15, 0.2) is 24.3 Å². The fourth-order valence-electron chi connectivity index (χ4n) is 2.81. The standard InChI is InChI=1S/C15H19NO2S/c1-10(17)19-9-14(15(16)18)13-8-4-6-11-5-2-3-7-12(11)13/h2-3,5,7,13-14H,4,6,8-9H2,1H3,(H2,16,18). The molecule has 0 saturated carbocycles. The SMILES string of the molecule is CC(=O)SCC(C(N)=O)C1CCCc2ccccc21. The maximum absolute atomic E-state index is 11.7. The van der Waals surface area contributed by atoms with Crippen molar-refractivity contribution in [3.63, 3.8) is 0 Å². The van der Waals surface area contributed by atoms with Crippen molar-refractivity contribution in [2.24, 2.45) is 11.7 Å². The summed E-state index contributed by atoms with van der Waals surface area (Å²) in [5.74, 6) is 0.101. The normalized spacial score (nSPS) is 19.5. The first kappa shape index (κ1) is 14.1. The molecule has 0 fully saturated rings. The van der Waals surface area contributed by atoms with Gasteiger partial charge in [-0.05, 0) is 36.3 Å². The highest BCUT2D eigenvalue weighted by atomic mass is 32.2. The van der Waals surface area contributed by atoms with Gasteiger partial charge in [-0.3, -0.25) is 9.59 Å². The Morgan fingerprint density at radius 2 is 2.16 bits per heavy atom. The van der Waals surface area contributed by atoms with Crippen LogP contribution in [0.3, 0.4) is 0 Å². The molecule has 0 heterocycles. The molecule has 1 aromatic carbocycles. The monoisotopic (exact) mass is 277 g/mol. The van der Waals surface area contributed by atoms with Gasteiger partial charge in [0, 0.05) is 12.7 Å². The first-order valence-electron chi connectivity index (χ1n) is 6.60. The number of fused-ring (bicyclic) bond motifs is 1. The van der Waals surface area contributed by atoms with Crippen molar-refractivity contribution < 1.29 is 9.59 Å². The van der Waals surface area contributed by atoms with Crippen LogP contribution in [-0.4, -0.2) is 16.8 Å². The largest absolute Gasteiger partial charge is 0.369 e. The van der Waals surface area contributed by atoms with Crippen LogP contribution in [-0.2, 0) is 16.0 Å². The van der Waals surface area contributed by atoms with Crippen molar-refractivity contribution in [2.45, 2.75) is 32.1 Å². The van der Waals surface area contributed by atoms with Crippen molar-refractivity contribution in [1.82, 2.24) is 0 Å². The molecule has 0 aliphatic heterocycles. The van der Waals surface area contributed by atoms with Gasteiger partial charge in [0.05, 0.1) is 5.92 Å². The van der Waals surface area contributed by atoms with Crippen LogP contribution in [0.2, 0.25) is 0 Å². The molecular formula is C15H19NO2S. The van der Waals surface area contributed by atoms with Crippen molar-refractivity contribution in [3.05, 3.63) is 35.4 Å². The molecule has 4 heteroatoms. The summed E-state index contributed by atoms with van der Waals surface area (Å²) in [4.78, 5) is 22.8. The second-order valence-electron chi connectivity index (χ2n) is 5.01. The molecule has 1 aromatic rings. The smallest absolute Gasteiger partial charge is 0.221 e. The number of primary amides is 1. The van der Waals surface area contributed by atoms with E-state index in [2.05, 4.69) is 12.1 Å². The summed E-state index contributed by atoms with van der Waals surface area (Å²) in [6.07, 6.45) is 3.12. The van der Waals surface area contributed by atoms with Gasteiger partial charge in [-0.15, -0.1) is 0 Å². The summed E-state index contributed by atoms with van der Waals surface area (Å²) in [6, 6.07) is 8.25. The maximum atomic E-state index is 11.7. The maximum Gasteiger partial charge on any atom is 0.221 e. The predicted molar refractivity (Wildman–Crippen MR) is 77.9 cm³/mol. The number of benzene rings is 1. The fraction of sp³-hybridized carbons (Fsp3) is 0.467. The van der Waals surface area contributed by atoms with Crippen molar-refractivity contribution in [1.29, 1.82) is 0 Å². The number of rotatable bonds is 4. The van der Waals surface area contributed by atoms with E-state index in [0.29, 0.717) is 5.75 Å². The molecule has 102 valence electrons. The molecule has 3 nitrogen and oxygen atoms in total. The molecule has 1 amide bonds. The first-order chi connectivity index (χ1) is 9.09. The number of carbonyl (C=O) groups is 2. The Labute approximate surface area is 117 Å². The number of thioether (sulfide) groups is 1. The summed E-state index contributed by atoms with van der Waals surface area (Å²) in [6.45, 7) is 1.53. The highest BCUT2D eigenvalue weighted by molar-refractivity contribution is 8.13. The van der Waals surface area contributed by atoms with Gasteiger partial charge < -0.3 is 5.73 Å². The van der Waals surface area contributed by atoms with E-state index < -0.39 is 0 Å². The molecule has 2 atom stereocenters. The van der Waals surface area contributed by atoms with E-state index in [4.69, 9.17) is 5.73 Å². The van der Waals surface area contributed by atoms with E-state index in [9.17, 15) is 9.59 Å². The van der Waals surface area contributed by atoms with Gasteiger partial charge in [-0.1, -0.05) is 36.0 Å². The summed E-state index contributed by atoms with van der Waals surface area (Å²) in [7, 11) is 0. The van der Waals surface area contributed by atoms with Gasteiger partial charge in [-0.25, -0.2) is 0 Å². The number of carbonyl (C=O) groups excluding carboxylic acids is 2. The van der Waals surface area contributed by atoms with Gasteiger partial charge in [0.25, 0.3) is 0 Å². The van der Waals surface area contributed by atoms with E-state index in [1.165, 1.54) is 29.8 Å². The second-order valence-corrected chi connectivity index (χ2v) is 6.21. The third kappa shape index (κ3) is 3.38. The van der Waals surface area contributed by atoms with Crippen LogP contribution >= 0.6 is 11.8 Å². The zero-order valence-electron chi connectivity index (χ0n) is 11.1. The average Bonchev–Trinajstić information content (AvgIpc) is 2.38. The van der Waals surface area contributed by atoms with E-state index >= 15 is 0 Å². The second kappa shape index (κ2) is 6.24. The molecule has 1 aliphatic carbocycles. The molecule has 19 heavy (non-hydrogen) atoms. The van der Waals surface area contributed by atoms with E-state index in [1.54, 1.807) is 0 Å². The Hall–Kier alpha value is -1.29. The molecule has 0 radical (unpaired) electrons. The molecule has 0 bridgehead atoms. The topological polar surface area (TPSA) is 60.2 Å². The molecule has 0 spiro atoms. The molecule has 0 aromatic heterocycles. The predicted octanol–water partition coefficient (Wildman–Crippen LogP) is 2.49. The van der Waals surface area contributed by atoms with Crippen LogP contribution in [0.1, 0.15) is 36.8 Å². The van der Waals surface area contributed by atoms with Crippen LogP contribution in [0, 0.1) is 5.92 Å². The summed E-state index contributed by atoms with van der Waals surface area (Å²) in [5.41, 5.74) is 8.10. The number of aryl methyl sites for hydroxylation is 1. The lowest BCUT2D eigenvalue weighted by atomic mass is 9.76. The molecule has 2 N–H and O–H groups in total. The van der Waals surface area contributed by atoms with E-state index in [1.807, 2.05) is 12.1 Å². The van der Waals surface area contributed by atoms with Crippen molar-refractivity contribution >= 4 is 22.8 Å². The molecule has 1 aliphatic rings. The first-order valence-corrected chi connectivity index (χ1v) is 7.58. The van der Waals surface area contributed by atoms with Crippen LogP contribution in [0.5, 0.6) is 0 Å². The number of hydrogen-bond donors (Lipinski definition) is 1. The Morgan fingerprint density at radius 1 is 1.42 bits per heavy atom. The zero-order valence-corrected chi connectivity index (χ0v) is 11.9. The highest BCUT2D eigenvalue weighted by Crippen LogP contribution is 2.38. The lowest BCUT2D eigenvalue weighted by Crippen LogP contribution is -2.32. The zero-order chi connectivity index (χ0) is 13.8. The Balaban J connectivity index is 2.23. The molecule has 2 rings (SSSR count). The number of hydrogen-bond acceptors (Lipinski definition) is 3. The van der Waals surface area contributed by atoms with Gasteiger partial charge >= 0.3 is 0 Å². The van der Waals surface area contributed by atoms with Gasteiger partial charge in [0.1, 0.15) is 0 Å². The Morgan fingerprint density at radius 3 is 2.84 bits per heavy atom. The van der Waals surface area contributed by atoms with Gasteiger partial charge in [0.15, 0.2) is 5.12 Å². The minimum atomic E-state index is -0.296. The van der Waals surface area contributed by atoms with Gasteiger partial charge in [-0.2, -0.15) is 0 Å². The minimum absolute atomic E-state index is 0.0374. The summed E-state index contributed by atoms with van der Waals surface area (Å²) < 4.78 is 0. The number of nitrogens with two attached hydrogens (primary N) is 1. The van der Waals surface area contributed by atoms with E-state index in [0.717, 1.165) is 19.3 Å². The minimum Gasteiger partial charge on any atom is -0.369 e. The fourth-order valence-corrected chi connectivity index (χ4v) is 3.62. The average molecular weight is 277 g/mol. The molecule has 2 unspecified atom stereocenters. The molecular weight excluding hydrogens is 258 g/mol. The van der Waals surface area contributed by atoms with Crippen LogP contribution < -0.4 is 5.73 Å².